The van der Waals surface area contributed by atoms with Crippen LogP contribution in [0.5, 0.6) is 0 Å². The minimum absolute atomic E-state index is 0.0909. The highest BCUT2D eigenvalue weighted by Gasteiger charge is 2.33. The molecule has 4 nitrogen and oxygen atoms in total. The molecular weight excluding hydrogens is 328 g/mol. The summed E-state index contributed by atoms with van der Waals surface area (Å²) >= 11 is 9.34. The average molecular weight is 343 g/mol. The first-order chi connectivity index (χ1) is 9.99. The van der Waals surface area contributed by atoms with Crippen LogP contribution in [0.2, 0.25) is 5.02 Å². The molecule has 21 heavy (non-hydrogen) atoms. The number of amides is 2. The number of nitrogens with zero attached hydrogens (tertiary/aromatic N) is 1. The van der Waals surface area contributed by atoms with Crippen molar-refractivity contribution >= 4 is 55.5 Å². The second-order valence-electron chi connectivity index (χ2n) is 5.35. The van der Waals surface area contributed by atoms with Crippen molar-refractivity contribution in [3.8, 4) is 0 Å². The van der Waals surface area contributed by atoms with Crippen LogP contribution in [-0.2, 0) is 4.79 Å². The van der Waals surface area contributed by atoms with Gasteiger partial charge in [-0.2, -0.15) is 0 Å². The van der Waals surface area contributed by atoms with E-state index in [0.717, 1.165) is 22.2 Å². The fourth-order valence-electron chi connectivity index (χ4n) is 2.69. The molecule has 1 fully saturated rings. The molecule has 2 unspecified atom stereocenters. The van der Waals surface area contributed by atoms with Gasteiger partial charge in [0.25, 0.3) is 5.91 Å². The quantitative estimate of drug-likeness (QED) is 0.909. The third-order valence-corrected chi connectivity index (χ3v) is 6.74. The SMILES string of the molecule is CC1CCC(C(N)=O)CN1C(=O)c1sc2sccc2c1Cl. The van der Waals surface area contributed by atoms with Gasteiger partial charge in [-0.25, -0.2) is 0 Å². The molecule has 2 N–H and O–H groups in total. The van der Waals surface area contributed by atoms with E-state index in [-0.39, 0.29) is 23.8 Å². The Morgan fingerprint density at radius 2 is 2.19 bits per heavy atom. The summed E-state index contributed by atoms with van der Waals surface area (Å²) in [6.45, 7) is 2.39. The minimum Gasteiger partial charge on any atom is -0.369 e. The van der Waals surface area contributed by atoms with Crippen LogP contribution >= 0.6 is 34.3 Å². The number of carbonyl (C=O) groups is 2. The average Bonchev–Trinajstić information content (AvgIpc) is 3.02. The van der Waals surface area contributed by atoms with Gasteiger partial charge in [0.2, 0.25) is 5.91 Å². The smallest absolute Gasteiger partial charge is 0.265 e. The zero-order valence-electron chi connectivity index (χ0n) is 11.5. The summed E-state index contributed by atoms with van der Waals surface area (Å²) in [4.78, 5) is 26.5. The van der Waals surface area contributed by atoms with Crippen molar-refractivity contribution < 1.29 is 9.59 Å². The standard InChI is InChI=1S/C14H15ClN2O2S2/c1-7-2-3-8(12(16)18)6-17(7)13(19)11-10(15)9-4-5-20-14(9)21-11/h4-5,7-8H,2-3,6H2,1H3,(H2,16,18). The van der Waals surface area contributed by atoms with Crippen molar-refractivity contribution in [1.29, 1.82) is 0 Å². The predicted molar refractivity (Wildman–Crippen MR) is 87.1 cm³/mol. The maximum absolute atomic E-state index is 12.8. The molecular formula is C14H15ClN2O2S2. The van der Waals surface area contributed by atoms with Crippen molar-refractivity contribution in [3.63, 3.8) is 0 Å². The minimum atomic E-state index is -0.335. The van der Waals surface area contributed by atoms with Gasteiger partial charge in [-0.05, 0) is 31.2 Å². The molecule has 0 aromatic carbocycles. The number of halogens is 1. The lowest BCUT2D eigenvalue weighted by Gasteiger charge is -2.36. The zero-order chi connectivity index (χ0) is 15.1. The van der Waals surface area contributed by atoms with Gasteiger partial charge in [-0.3, -0.25) is 9.59 Å². The summed E-state index contributed by atoms with van der Waals surface area (Å²) in [6, 6.07) is 2.03. The number of fused-ring (bicyclic) bond motifs is 1. The van der Waals surface area contributed by atoms with E-state index in [1.54, 1.807) is 16.2 Å². The molecule has 3 rings (SSSR count). The number of carbonyl (C=O) groups excluding carboxylic acids is 2. The van der Waals surface area contributed by atoms with E-state index in [0.29, 0.717) is 16.4 Å². The second-order valence-corrected chi connectivity index (χ2v) is 7.92. The largest absolute Gasteiger partial charge is 0.369 e. The van der Waals surface area contributed by atoms with Gasteiger partial charge in [0.1, 0.15) is 4.88 Å². The molecule has 2 atom stereocenters. The van der Waals surface area contributed by atoms with Gasteiger partial charge in [0.15, 0.2) is 0 Å². The topological polar surface area (TPSA) is 63.4 Å². The molecule has 0 radical (unpaired) electrons. The number of hydrogen-bond donors (Lipinski definition) is 1. The van der Waals surface area contributed by atoms with E-state index in [1.807, 2.05) is 18.4 Å². The lowest BCUT2D eigenvalue weighted by Crippen LogP contribution is -2.48. The first-order valence-electron chi connectivity index (χ1n) is 6.74. The molecule has 0 aliphatic carbocycles. The number of thiophene rings is 2. The summed E-state index contributed by atoms with van der Waals surface area (Å²) in [6.07, 6.45) is 1.53. The maximum atomic E-state index is 12.8. The number of piperidine rings is 1. The Morgan fingerprint density at radius 3 is 2.86 bits per heavy atom. The summed E-state index contributed by atoms with van der Waals surface area (Å²) in [7, 11) is 0. The Morgan fingerprint density at radius 1 is 1.43 bits per heavy atom. The molecule has 7 heteroatoms. The molecule has 0 saturated carbocycles. The Kier molecular flexibility index (Phi) is 3.94. The van der Waals surface area contributed by atoms with Crippen molar-refractivity contribution in [3.05, 3.63) is 21.3 Å². The number of rotatable bonds is 2. The first-order valence-corrected chi connectivity index (χ1v) is 8.82. The molecule has 2 aromatic rings. The van der Waals surface area contributed by atoms with E-state index < -0.39 is 0 Å². The van der Waals surface area contributed by atoms with Crippen LogP contribution in [-0.4, -0.2) is 29.3 Å². The number of primary amides is 1. The van der Waals surface area contributed by atoms with Crippen LogP contribution in [0.3, 0.4) is 0 Å². The number of likely N-dealkylation sites (tertiary alicyclic amines) is 1. The zero-order valence-corrected chi connectivity index (χ0v) is 13.9. The highest BCUT2D eigenvalue weighted by molar-refractivity contribution is 7.38. The predicted octanol–water partition coefficient (Wildman–Crippen LogP) is 3.34. The molecule has 2 amide bonds. The Bertz CT molecular complexity index is 709. The van der Waals surface area contributed by atoms with Crippen LogP contribution in [0.1, 0.15) is 29.4 Å². The van der Waals surface area contributed by atoms with Gasteiger partial charge in [0.05, 0.1) is 15.0 Å². The monoisotopic (exact) mass is 342 g/mol. The van der Waals surface area contributed by atoms with E-state index in [1.165, 1.54) is 11.3 Å². The molecule has 1 saturated heterocycles. The Balaban J connectivity index is 1.90. The Labute approximate surface area is 135 Å². The van der Waals surface area contributed by atoms with Crippen LogP contribution in [0.25, 0.3) is 9.40 Å². The van der Waals surface area contributed by atoms with Crippen molar-refractivity contribution in [2.75, 3.05) is 6.54 Å². The fourth-order valence-corrected chi connectivity index (χ4v) is 5.26. The maximum Gasteiger partial charge on any atom is 0.265 e. The normalized spacial score (nSPS) is 22.7. The Hall–Kier alpha value is -1.11. The molecule has 0 bridgehead atoms. The molecule has 112 valence electrons. The van der Waals surface area contributed by atoms with Crippen LogP contribution in [0, 0.1) is 5.92 Å². The molecule has 1 aliphatic heterocycles. The van der Waals surface area contributed by atoms with E-state index in [2.05, 4.69) is 0 Å². The lowest BCUT2D eigenvalue weighted by molar-refractivity contribution is -0.123. The van der Waals surface area contributed by atoms with E-state index in [4.69, 9.17) is 17.3 Å². The molecule has 0 spiro atoms. The van der Waals surface area contributed by atoms with E-state index >= 15 is 0 Å². The van der Waals surface area contributed by atoms with Gasteiger partial charge in [0, 0.05) is 18.0 Å². The van der Waals surface area contributed by atoms with Crippen molar-refractivity contribution in [2.45, 2.75) is 25.8 Å². The lowest BCUT2D eigenvalue weighted by atomic mass is 9.93. The third kappa shape index (κ3) is 2.56. The van der Waals surface area contributed by atoms with Crippen LogP contribution in [0.15, 0.2) is 11.4 Å². The summed E-state index contributed by atoms with van der Waals surface area (Å²) in [5.41, 5.74) is 5.39. The second kappa shape index (κ2) is 5.59. The number of nitrogens with two attached hydrogens (primary N) is 1. The van der Waals surface area contributed by atoms with Gasteiger partial charge >= 0.3 is 0 Å². The molecule has 2 aromatic heterocycles. The van der Waals surface area contributed by atoms with Gasteiger partial charge < -0.3 is 10.6 Å². The first kappa shape index (κ1) is 14.8. The summed E-state index contributed by atoms with van der Waals surface area (Å²) in [5, 5.41) is 3.43. The summed E-state index contributed by atoms with van der Waals surface area (Å²) in [5.74, 6) is -0.685. The van der Waals surface area contributed by atoms with Crippen molar-refractivity contribution in [1.82, 2.24) is 4.90 Å². The fraction of sp³-hybridized carbons (Fsp3) is 0.429. The van der Waals surface area contributed by atoms with Gasteiger partial charge in [-0.15, -0.1) is 22.7 Å². The molecule has 3 heterocycles. The van der Waals surface area contributed by atoms with Gasteiger partial charge in [-0.1, -0.05) is 11.6 Å². The van der Waals surface area contributed by atoms with E-state index in [9.17, 15) is 9.59 Å². The highest BCUT2D eigenvalue weighted by Crippen LogP contribution is 2.40. The summed E-state index contributed by atoms with van der Waals surface area (Å²) < 4.78 is 1.06. The van der Waals surface area contributed by atoms with Crippen LogP contribution in [0.4, 0.5) is 0 Å². The number of hydrogen-bond acceptors (Lipinski definition) is 4. The van der Waals surface area contributed by atoms with Crippen LogP contribution < -0.4 is 5.73 Å². The molecule has 1 aliphatic rings. The van der Waals surface area contributed by atoms with Crippen molar-refractivity contribution in [2.24, 2.45) is 11.7 Å². The highest BCUT2D eigenvalue weighted by atomic mass is 35.5. The third-order valence-electron chi connectivity index (χ3n) is 4.00.